The molecule has 2 heterocycles. The molecule has 2 aromatic carbocycles. The van der Waals surface area contributed by atoms with E-state index in [4.69, 9.17) is 9.47 Å². The van der Waals surface area contributed by atoms with Gasteiger partial charge in [-0.1, -0.05) is 49.4 Å². The summed E-state index contributed by atoms with van der Waals surface area (Å²) >= 11 is 0. The Labute approximate surface area is 197 Å². The number of carbonyl (C=O) groups excluding carboxylic acids is 2. The molecule has 1 N–H and O–H groups in total. The summed E-state index contributed by atoms with van der Waals surface area (Å²) in [4.78, 5) is 31.2. The molecule has 1 atom stereocenters. The lowest BCUT2D eigenvalue weighted by atomic mass is 10.0. The molecule has 0 spiro atoms. The number of ether oxygens (including phenoxy) is 2. The van der Waals surface area contributed by atoms with Crippen molar-refractivity contribution in [1.29, 1.82) is 0 Å². The summed E-state index contributed by atoms with van der Waals surface area (Å²) in [5.74, 6) is 0.0589. The zero-order valence-corrected chi connectivity index (χ0v) is 19.1. The van der Waals surface area contributed by atoms with Crippen LogP contribution in [0.25, 0.3) is 0 Å². The van der Waals surface area contributed by atoms with E-state index in [-0.39, 0.29) is 43.3 Å². The first kappa shape index (κ1) is 23.2. The number of fused-ring (bicyclic) bond motifs is 1. The summed E-state index contributed by atoms with van der Waals surface area (Å²) < 4.78 is 24.7. The van der Waals surface area contributed by atoms with Gasteiger partial charge in [0.25, 0.3) is 0 Å². The van der Waals surface area contributed by atoms with Gasteiger partial charge in [0.2, 0.25) is 11.8 Å². The van der Waals surface area contributed by atoms with Crippen molar-refractivity contribution in [3.63, 3.8) is 0 Å². The van der Waals surface area contributed by atoms with Gasteiger partial charge in [-0.3, -0.25) is 9.69 Å². The predicted octanol–water partition coefficient (Wildman–Crippen LogP) is 5.08. The molecule has 0 radical (unpaired) electrons. The lowest BCUT2D eigenvalue weighted by molar-refractivity contribution is -0.115. The highest BCUT2D eigenvalue weighted by Gasteiger charge is 2.33. The van der Waals surface area contributed by atoms with Crippen LogP contribution in [0.2, 0.25) is 0 Å². The maximum atomic E-state index is 13.4. The van der Waals surface area contributed by atoms with Gasteiger partial charge in [0.15, 0.2) is 0 Å². The van der Waals surface area contributed by atoms with Crippen molar-refractivity contribution in [1.82, 2.24) is 4.98 Å². The Balaban J connectivity index is 1.66. The minimum Gasteiger partial charge on any atom is -0.474 e. The van der Waals surface area contributed by atoms with Crippen molar-refractivity contribution in [2.45, 2.75) is 39.3 Å². The van der Waals surface area contributed by atoms with Gasteiger partial charge in [0.1, 0.15) is 30.5 Å². The Morgan fingerprint density at radius 2 is 1.88 bits per heavy atom. The van der Waals surface area contributed by atoms with Crippen LogP contribution in [-0.4, -0.2) is 29.6 Å². The molecule has 0 bridgehead atoms. The van der Waals surface area contributed by atoms with Crippen molar-refractivity contribution < 1.29 is 23.5 Å². The molecule has 1 aromatic heterocycles. The minimum absolute atomic E-state index is 0.138. The number of aromatic nitrogens is 1. The number of halogens is 1. The molecule has 34 heavy (non-hydrogen) atoms. The van der Waals surface area contributed by atoms with Crippen molar-refractivity contribution in [3.05, 3.63) is 83.2 Å². The van der Waals surface area contributed by atoms with Crippen LogP contribution in [0, 0.1) is 5.82 Å². The Morgan fingerprint density at radius 3 is 2.59 bits per heavy atom. The number of rotatable bonds is 6. The quantitative estimate of drug-likeness (QED) is 0.551. The number of hydrogen-bond donors (Lipinski definition) is 1. The van der Waals surface area contributed by atoms with E-state index in [0.29, 0.717) is 23.5 Å². The average Bonchev–Trinajstić information content (AvgIpc) is 2.85. The van der Waals surface area contributed by atoms with E-state index in [0.717, 1.165) is 11.1 Å². The van der Waals surface area contributed by atoms with Gasteiger partial charge in [-0.2, -0.15) is 4.98 Å². The number of pyridine rings is 1. The molecule has 4 rings (SSSR count). The molecular formula is C26H26FN3O4. The summed E-state index contributed by atoms with van der Waals surface area (Å²) in [6.45, 7) is 3.98. The Bertz CT molecular complexity index is 1170. The lowest BCUT2D eigenvalue weighted by Crippen LogP contribution is -2.45. The zero-order valence-electron chi connectivity index (χ0n) is 19.1. The standard InChI is InChI=1S/C26H26FN3O4/c1-3-23(31)28-24-20(13-18-9-11-21(27)12-10-18)14-22-25(29-24)33-15-17(2)30(22)26(32)34-16-19-7-5-4-6-8-19/h4-12,14,17H,3,13,15-16H2,1-2H3,(H,28,29,31)/t17-/m0/s1. The molecule has 3 aromatic rings. The highest BCUT2D eigenvalue weighted by molar-refractivity contribution is 5.93. The van der Waals surface area contributed by atoms with Crippen LogP contribution in [0.5, 0.6) is 5.88 Å². The first-order valence-electron chi connectivity index (χ1n) is 11.2. The Morgan fingerprint density at radius 1 is 1.15 bits per heavy atom. The van der Waals surface area contributed by atoms with Crippen LogP contribution in [0.1, 0.15) is 37.0 Å². The number of benzene rings is 2. The summed E-state index contributed by atoms with van der Waals surface area (Å²) in [7, 11) is 0. The van der Waals surface area contributed by atoms with E-state index in [9.17, 15) is 14.0 Å². The fourth-order valence-corrected chi connectivity index (χ4v) is 3.67. The van der Waals surface area contributed by atoms with Gasteiger partial charge in [0, 0.05) is 18.4 Å². The van der Waals surface area contributed by atoms with Crippen LogP contribution in [-0.2, 0) is 22.6 Å². The number of carbonyl (C=O) groups is 2. The van der Waals surface area contributed by atoms with Crippen LogP contribution < -0.4 is 15.0 Å². The number of hydrogen-bond acceptors (Lipinski definition) is 5. The fourth-order valence-electron chi connectivity index (χ4n) is 3.67. The third-order valence-electron chi connectivity index (χ3n) is 5.50. The van der Waals surface area contributed by atoms with E-state index < -0.39 is 6.09 Å². The van der Waals surface area contributed by atoms with Gasteiger partial charge in [0.05, 0.1) is 6.04 Å². The SMILES string of the molecule is CCC(=O)Nc1nc2c(cc1Cc1ccc(F)cc1)N(C(=O)OCc1ccccc1)[C@@H](C)CO2. The summed E-state index contributed by atoms with van der Waals surface area (Å²) in [5, 5.41) is 2.81. The molecule has 0 unspecified atom stereocenters. The zero-order chi connectivity index (χ0) is 24.1. The minimum atomic E-state index is -0.513. The number of amides is 2. The number of anilines is 2. The third kappa shape index (κ3) is 5.33. The molecule has 0 fully saturated rings. The summed E-state index contributed by atoms with van der Waals surface area (Å²) in [6.07, 6.45) is 0.145. The molecule has 2 amide bonds. The largest absolute Gasteiger partial charge is 0.474 e. The molecule has 0 saturated heterocycles. The molecule has 8 heteroatoms. The molecule has 0 saturated carbocycles. The predicted molar refractivity (Wildman–Crippen MR) is 126 cm³/mol. The molecular weight excluding hydrogens is 437 g/mol. The molecule has 176 valence electrons. The second-order valence-corrected chi connectivity index (χ2v) is 8.10. The van der Waals surface area contributed by atoms with E-state index in [1.165, 1.54) is 17.0 Å². The van der Waals surface area contributed by atoms with Gasteiger partial charge in [-0.25, -0.2) is 9.18 Å². The second kappa shape index (κ2) is 10.3. The summed E-state index contributed by atoms with van der Waals surface area (Å²) in [5.41, 5.74) is 2.84. The van der Waals surface area contributed by atoms with Crippen LogP contribution in [0.3, 0.4) is 0 Å². The molecule has 7 nitrogen and oxygen atoms in total. The van der Waals surface area contributed by atoms with Crippen molar-refractivity contribution >= 4 is 23.5 Å². The second-order valence-electron chi connectivity index (χ2n) is 8.10. The highest BCUT2D eigenvalue weighted by atomic mass is 19.1. The smallest absolute Gasteiger partial charge is 0.415 e. The normalized spacial score (nSPS) is 14.7. The fraction of sp³-hybridized carbons (Fsp3) is 0.269. The van der Waals surface area contributed by atoms with Gasteiger partial charge in [-0.05, 0) is 36.2 Å². The highest BCUT2D eigenvalue weighted by Crippen LogP contribution is 2.37. The topological polar surface area (TPSA) is 80.8 Å². The van der Waals surface area contributed by atoms with Crippen LogP contribution in [0.4, 0.5) is 20.7 Å². The van der Waals surface area contributed by atoms with Crippen LogP contribution in [0.15, 0.2) is 60.7 Å². The molecule has 1 aliphatic heterocycles. The lowest BCUT2D eigenvalue weighted by Gasteiger charge is -2.34. The average molecular weight is 464 g/mol. The first-order chi connectivity index (χ1) is 16.4. The van der Waals surface area contributed by atoms with E-state index in [1.54, 1.807) is 25.1 Å². The van der Waals surface area contributed by atoms with Crippen molar-refractivity contribution in [3.8, 4) is 5.88 Å². The van der Waals surface area contributed by atoms with Gasteiger partial charge >= 0.3 is 6.09 Å². The van der Waals surface area contributed by atoms with Crippen LogP contribution >= 0.6 is 0 Å². The van der Waals surface area contributed by atoms with E-state index in [1.807, 2.05) is 37.3 Å². The Kier molecular flexibility index (Phi) is 7.06. The monoisotopic (exact) mass is 463 g/mol. The third-order valence-corrected chi connectivity index (χ3v) is 5.50. The summed E-state index contributed by atoms with van der Waals surface area (Å²) in [6, 6.07) is 17.0. The number of nitrogens with one attached hydrogen (secondary N) is 1. The van der Waals surface area contributed by atoms with Crippen molar-refractivity contribution in [2.75, 3.05) is 16.8 Å². The van der Waals surface area contributed by atoms with E-state index in [2.05, 4.69) is 10.3 Å². The first-order valence-corrected chi connectivity index (χ1v) is 11.2. The Hall–Kier alpha value is -3.94. The molecule has 1 aliphatic rings. The molecule has 0 aliphatic carbocycles. The maximum Gasteiger partial charge on any atom is 0.415 e. The van der Waals surface area contributed by atoms with Gasteiger partial charge in [-0.15, -0.1) is 0 Å². The van der Waals surface area contributed by atoms with Gasteiger partial charge < -0.3 is 14.8 Å². The van der Waals surface area contributed by atoms with E-state index >= 15 is 0 Å². The number of nitrogens with zero attached hydrogens (tertiary/aromatic N) is 2. The maximum absolute atomic E-state index is 13.4. The van der Waals surface area contributed by atoms with Crippen molar-refractivity contribution in [2.24, 2.45) is 0 Å².